The second-order valence-electron chi connectivity index (χ2n) is 5.44. The van der Waals surface area contributed by atoms with Gasteiger partial charge in [-0.3, -0.25) is 4.79 Å². The summed E-state index contributed by atoms with van der Waals surface area (Å²) in [5.41, 5.74) is 1.95. The van der Waals surface area contributed by atoms with Crippen LogP contribution in [0.5, 0.6) is 5.75 Å². The number of hydrogen-bond donors (Lipinski definition) is 1. The van der Waals surface area contributed by atoms with Crippen LogP contribution < -0.4 is 10.1 Å². The maximum atomic E-state index is 12.1. The van der Waals surface area contributed by atoms with Crippen molar-refractivity contribution in [1.29, 1.82) is 5.26 Å². The maximum absolute atomic E-state index is 12.1. The van der Waals surface area contributed by atoms with Gasteiger partial charge in [-0.05, 0) is 43.3 Å². The van der Waals surface area contributed by atoms with Crippen molar-refractivity contribution in [3.63, 3.8) is 0 Å². The Morgan fingerprint density at radius 1 is 1.23 bits per heavy atom. The fraction of sp³-hybridized carbons (Fsp3) is 0.150. The van der Waals surface area contributed by atoms with Gasteiger partial charge in [0, 0.05) is 11.1 Å². The molecule has 0 radical (unpaired) electrons. The van der Waals surface area contributed by atoms with Crippen LogP contribution in [0.25, 0.3) is 10.9 Å². The van der Waals surface area contributed by atoms with Gasteiger partial charge in [-0.2, -0.15) is 5.26 Å². The largest absolute Gasteiger partial charge is 0.494 e. The monoisotopic (exact) mass is 363 g/mol. The predicted octanol–water partition coefficient (Wildman–Crippen LogP) is 4.24. The highest BCUT2D eigenvalue weighted by atomic mass is 32.2. The average Bonchev–Trinajstić information content (AvgIpc) is 2.66. The third kappa shape index (κ3) is 4.32. The number of nitriles is 1. The van der Waals surface area contributed by atoms with Gasteiger partial charge >= 0.3 is 0 Å². The van der Waals surface area contributed by atoms with Crippen molar-refractivity contribution in [3.8, 4) is 11.8 Å². The molecule has 0 unspecified atom stereocenters. The Balaban J connectivity index is 1.75. The molecule has 0 spiro atoms. The molecule has 3 rings (SSSR count). The summed E-state index contributed by atoms with van der Waals surface area (Å²) in [6.07, 6.45) is 0. The smallest absolute Gasteiger partial charge is 0.234 e. The van der Waals surface area contributed by atoms with Crippen molar-refractivity contribution < 1.29 is 9.53 Å². The summed E-state index contributed by atoms with van der Waals surface area (Å²) in [4.78, 5) is 16.6. The number of thioether (sulfide) groups is 1. The van der Waals surface area contributed by atoms with E-state index in [9.17, 15) is 10.1 Å². The second-order valence-corrected chi connectivity index (χ2v) is 6.41. The van der Waals surface area contributed by atoms with Gasteiger partial charge in [0.1, 0.15) is 16.8 Å². The van der Waals surface area contributed by atoms with Gasteiger partial charge < -0.3 is 10.1 Å². The quantitative estimate of drug-likeness (QED) is 0.663. The molecule has 6 heteroatoms. The number of para-hydroxylation sites is 1. The van der Waals surface area contributed by atoms with Gasteiger partial charge in [-0.1, -0.05) is 30.0 Å². The molecule has 0 aliphatic heterocycles. The van der Waals surface area contributed by atoms with Crippen LogP contribution in [-0.2, 0) is 4.79 Å². The highest BCUT2D eigenvalue weighted by molar-refractivity contribution is 8.00. The highest BCUT2D eigenvalue weighted by Crippen LogP contribution is 2.27. The van der Waals surface area contributed by atoms with Gasteiger partial charge in [-0.25, -0.2) is 4.98 Å². The molecule has 2 aromatic carbocycles. The number of nitrogens with one attached hydrogen (secondary N) is 1. The van der Waals surface area contributed by atoms with Crippen molar-refractivity contribution in [3.05, 3.63) is 60.2 Å². The Kier molecular flexibility index (Phi) is 5.72. The van der Waals surface area contributed by atoms with E-state index in [0.29, 0.717) is 17.2 Å². The molecule has 130 valence electrons. The minimum absolute atomic E-state index is 0.140. The minimum Gasteiger partial charge on any atom is -0.494 e. The number of hydrogen-bond acceptors (Lipinski definition) is 5. The zero-order chi connectivity index (χ0) is 18.4. The van der Waals surface area contributed by atoms with Crippen molar-refractivity contribution >= 4 is 34.3 Å². The lowest BCUT2D eigenvalue weighted by Gasteiger charge is -2.08. The molecule has 0 saturated carbocycles. The number of fused-ring (bicyclic) bond motifs is 1. The topological polar surface area (TPSA) is 75.0 Å². The fourth-order valence-corrected chi connectivity index (χ4v) is 3.20. The Hall–Kier alpha value is -3.04. The van der Waals surface area contributed by atoms with Gasteiger partial charge in [0.25, 0.3) is 0 Å². The van der Waals surface area contributed by atoms with Crippen molar-refractivity contribution in [2.75, 3.05) is 17.7 Å². The van der Waals surface area contributed by atoms with E-state index < -0.39 is 0 Å². The minimum atomic E-state index is -0.140. The lowest BCUT2D eigenvalue weighted by atomic mass is 10.1. The van der Waals surface area contributed by atoms with Crippen LogP contribution in [0.15, 0.2) is 59.6 Å². The molecule has 1 N–H and O–H groups in total. The van der Waals surface area contributed by atoms with Crippen LogP contribution >= 0.6 is 11.8 Å². The molecule has 3 aromatic rings. The SMILES string of the molecule is CCOc1ccc2nc(SCC(=O)Nc3ccccc3)c(C#N)cc2c1. The lowest BCUT2D eigenvalue weighted by molar-refractivity contribution is -0.113. The zero-order valence-corrected chi connectivity index (χ0v) is 15.0. The van der Waals surface area contributed by atoms with Crippen molar-refractivity contribution in [2.45, 2.75) is 11.9 Å². The van der Waals surface area contributed by atoms with Crippen LogP contribution in [-0.4, -0.2) is 23.3 Å². The molecule has 26 heavy (non-hydrogen) atoms. The standard InChI is InChI=1S/C20H17N3O2S/c1-2-25-17-8-9-18-14(11-17)10-15(12-21)20(23-18)26-13-19(24)22-16-6-4-3-5-7-16/h3-11H,2,13H2,1H3,(H,22,24). The predicted molar refractivity (Wildman–Crippen MR) is 103 cm³/mol. The molecule has 0 aliphatic rings. The summed E-state index contributed by atoms with van der Waals surface area (Å²) in [5, 5.41) is 13.6. The number of ether oxygens (including phenoxy) is 1. The summed E-state index contributed by atoms with van der Waals surface area (Å²) in [7, 11) is 0. The number of aromatic nitrogens is 1. The van der Waals surface area contributed by atoms with Gasteiger partial charge in [0.2, 0.25) is 5.91 Å². The van der Waals surface area contributed by atoms with Crippen LogP contribution in [0, 0.1) is 11.3 Å². The number of nitrogens with zero attached hydrogens (tertiary/aromatic N) is 2. The van der Waals surface area contributed by atoms with E-state index in [1.165, 1.54) is 11.8 Å². The fourth-order valence-electron chi connectivity index (χ4n) is 2.44. The Bertz CT molecular complexity index is 968. The third-order valence-electron chi connectivity index (χ3n) is 3.58. The molecule has 1 heterocycles. The third-order valence-corrected chi connectivity index (χ3v) is 4.57. The Morgan fingerprint density at radius 3 is 2.77 bits per heavy atom. The summed E-state index contributed by atoms with van der Waals surface area (Å²) >= 11 is 1.25. The van der Waals surface area contributed by atoms with Crippen LogP contribution in [0.2, 0.25) is 0 Å². The van der Waals surface area contributed by atoms with Crippen molar-refractivity contribution in [1.82, 2.24) is 4.98 Å². The first-order chi connectivity index (χ1) is 12.7. The number of anilines is 1. The Morgan fingerprint density at radius 2 is 2.04 bits per heavy atom. The number of carbonyl (C=O) groups is 1. The van der Waals surface area contributed by atoms with Crippen LogP contribution in [0.1, 0.15) is 12.5 Å². The molecule has 0 fully saturated rings. The normalized spacial score (nSPS) is 10.3. The first-order valence-corrected chi connectivity index (χ1v) is 9.13. The number of carbonyl (C=O) groups excluding carboxylic acids is 1. The molecule has 1 amide bonds. The maximum Gasteiger partial charge on any atom is 0.234 e. The van der Waals surface area contributed by atoms with Gasteiger partial charge in [-0.15, -0.1) is 0 Å². The first-order valence-electron chi connectivity index (χ1n) is 8.15. The van der Waals surface area contributed by atoms with E-state index in [0.717, 1.165) is 22.3 Å². The lowest BCUT2D eigenvalue weighted by Crippen LogP contribution is -2.14. The average molecular weight is 363 g/mol. The number of benzene rings is 2. The van der Waals surface area contributed by atoms with Gasteiger partial charge in [0.05, 0.1) is 23.4 Å². The van der Waals surface area contributed by atoms with Crippen LogP contribution in [0.4, 0.5) is 5.69 Å². The molecular formula is C20H17N3O2S. The highest BCUT2D eigenvalue weighted by Gasteiger charge is 2.11. The summed E-state index contributed by atoms with van der Waals surface area (Å²) in [6.45, 7) is 2.50. The molecule has 5 nitrogen and oxygen atoms in total. The molecule has 0 bridgehead atoms. The molecule has 0 saturated heterocycles. The second kappa shape index (κ2) is 8.37. The molecule has 0 atom stereocenters. The number of rotatable bonds is 6. The zero-order valence-electron chi connectivity index (χ0n) is 14.2. The number of pyridine rings is 1. The van der Waals surface area contributed by atoms with E-state index in [1.54, 1.807) is 6.07 Å². The Labute approximate surface area is 156 Å². The molecular weight excluding hydrogens is 346 g/mol. The van der Waals surface area contributed by atoms with E-state index in [-0.39, 0.29) is 11.7 Å². The van der Waals surface area contributed by atoms with Gasteiger partial charge in [0.15, 0.2) is 0 Å². The van der Waals surface area contributed by atoms with E-state index in [4.69, 9.17) is 4.74 Å². The van der Waals surface area contributed by atoms with E-state index in [2.05, 4.69) is 16.4 Å². The summed E-state index contributed by atoms with van der Waals surface area (Å²) in [5.74, 6) is 0.783. The van der Waals surface area contributed by atoms with Crippen LogP contribution in [0.3, 0.4) is 0 Å². The van der Waals surface area contributed by atoms with E-state index >= 15 is 0 Å². The number of amides is 1. The first kappa shape index (κ1) is 17.8. The summed E-state index contributed by atoms with van der Waals surface area (Å²) < 4.78 is 5.48. The van der Waals surface area contributed by atoms with E-state index in [1.807, 2.05) is 55.5 Å². The summed E-state index contributed by atoms with van der Waals surface area (Å²) in [6, 6.07) is 18.8. The molecule has 0 aliphatic carbocycles. The van der Waals surface area contributed by atoms with Crippen molar-refractivity contribution in [2.24, 2.45) is 0 Å². The molecule has 1 aromatic heterocycles.